The van der Waals surface area contributed by atoms with Crippen molar-refractivity contribution in [3.63, 3.8) is 0 Å². The summed E-state index contributed by atoms with van der Waals surface area (Å²) >= 11 is 1.78. The average molecular weight is 430 g/mol. The molecule has 1 unspecified atom stereocenters. The number of aromatic nitrogens is 2. The maximum absolute atomic E-state index is 10.3. The predicted molar refractivity (Wildman–Crippen MR) is 125 cm³/mol. The van der Waals surface area contributed by atoms with Crippen molar-refractivity contribution in [2.24, 2.45) is 5.73 Å². The number of anilines is 1. The predicted octanol–water partition coefficient (Wildman–Crippen LogP) is 4.01. The van der Waals surface area contributed by atoms with Gasteiger partial charge in [-0.1, -0.05) is 13.5 Å². The smallest absolute Gasteiger partial charge is 0.138 e. The van der Waals surface area contributed by atoms with E-state index in [1.165, 1.54) is 54.5 Å². The fourth-order valence-corrected chi connectivity index (χ4v) is 6.46. The number of aliphatic hydroxyl groups is 1. The molecule has 2 aromatic rings. The van der Waals surface area contributed by atoms with E-state index < -0.39 is 6.10 Å². The van der Waals surface area contributed by atoms with Crippen LogP contribution in [0.3, 0.4) is 0 Å². The third-order valence-corrected chi connectivity index (χ3v) is 8.08. The number of thiophene rings is 1. The SMILES string of the molecule is C=C(N)C(O)C[C@H]1CCc2sc3ncnc(N[C@H]4CC[C@H](N(C)CCC)CC4)c3c21. The Hall–Kier alpha value is -1.70. The van der Waals surface area contributed by atoms with Crippen LogP contribution >= 0.6 is 11.3 Å². The summed E-state index contributed by atoms with van der Waals surface area (Å²) in [6, 6.07) is 1.16. The molecule has 0 amide bonds. The zero-order chi connectivity index (χ0) is 21.3. The third-order valence-electron chi connectivity index (χ3n) is 6.90. The van der Waals surface area contributed by atoms with Crippen LogP contribution < -0.4 is 11.1 Å². The highest BCUT2D eigenvalue weighted by Crippen LogP contribution is 2.47. The number of hydrogen-bond donors (Lipinski definition) is 3. The molecule has 0 aromatic carbocycles. The molecule has 7 heteroatoms. The van der Waals surface area contributed by atoms with Crippen LogP contribution in [0.4, 0.5) is 5.82 Å². The van der Waals surface area contributed by atoms with Crippen LogP contribution in [-0.4, -0.2) is 51.8 Å². The number of aryl methyl sites for hydroxylation is 1. The quantitative estimate of drug-likeness (QED) is 0.588. The maximum atomic E-state index is 10.3. The first-order valence-corrected chi connectivity index (χ1v) is 12.1. The molecule has 1 fully saturated rings. The second-order valence-corrected chi connectivity index (χ2v) is 10.1. The monoisotopic (exact) mass is 429 g/mol. The second-order valence-electron chi connectivity index (χ2n) is 9.03. The standard InChI is InChI=1S/C23H35N5OS/c1-4-11-28(3)17-8-6-16(7-9-17)27-22-21-20-15(12-18(29)14(2)24)5-10-19(20)30-23(21)26-13-25-22/h13,15-18,29H,2,4-12,24H2,1,3H3,(H,25,26,27)/t15-,16-,17-,18?/m1/s1. The molecular formula is C23H35N5OS. The normalized spacial score (nSPS) is 24.9. The second kappa shape index (κ2) is 9.20. The number of rotatable bonds is 8. The van der Waals surface area contributed by atoms with Gasteiger partial charge in [0, 0.05) is 22.7 Å². The molecule has 0 bridgehead atoms. The Morgan fingerprint density at radius 3 is 2.80 bits per heavy atom. The van der Waals surface area contributed by atoms with Gasteiger partial charge >= 0.3 is 0 Å². The minimum atomic E-state index is -0.660. The van der Waals surface area contributed by atoms with Gasteiger partial charge in [-0.15, -0.1) is 11.3 Å². The lowest BCUT2D eigenvalue weighted by Gasteiger charge is -2.35. The van der Waals surface area contributed by atoms with Crippen molar-refractivity contribution in [1.29, 1.82) is 0 Å². The molecule has 2 heterocycles. The van der Waals surface area contributed by atoms with E-state index in [0.717, 1.165) is 23.5 Å². The molecule has 1 saturated carbocycles. The van der Waals surface area contributed by atoms with E-state index in [2.05, 4.69) is 40.7 Å². The van der Waals surface area contributed by atoms with E-state index in [1.54, 1.807) is 17.7 Å². The molecular weight excluding hydrogens is 394 g/mol. The Morgan fingerprint density at radius 2 is 2.10 bits per heavy atom. The Kier molecular flexibility index (Phi) is 6.60. The highest BCUT2D eigenvalue weighted by molar-refractivity contribution is 7.19. The summed E-state index contributed by atoms with van der Waals surface area (Å²) in [6.45, 7) is 7.15. The van der Waals surface area contributed by atoms with E-state index >= 15 is 0 Å². The van der Waals surface area contributed by atoms with E-state index in [9.17, 15) is 5.11 Å². The van der Waals surface area contributed by atoms with Gasteiger partial charge in [0.2, 0.25) is 0 Å². The summed E-state index contributed by atoms with van der Waals surface area (Å²) in [4.78, 5) is 14.2. The molecule has 4 N–H and O–H groups in total. The van der Waals surface area contributed by atoms with Gasteiger partial charge in [0.05, 0.1) is 11.5 Å². The van der Waals surface area contributed by atoms with Gasteiger partial charge in [-0.05, 0) is 76.4 Å². The molecule has 4 rings (SSSR count). The van der Waals surface area contributed by atoms with Crippen molar-refractivity contribution in [2.45, 2.75) is 82.4 Å². The van der Waals surface area contributed by atoms with Crippen molar-refractivity contribution in [2.75, 3.05) is 18.9 Å². The maximum Gasteiger partial charge on any atom is 0.138 e. The van der Waals surface area contributed by atoms with Crippen LogP contribution in [-0.2, 0) is 6.42 Å². The van der Waals surface area contributed by atoms with Gasteiger partial charge in [-0.25, -0.2) is 9.97 Å². The van der Waals surface area contributed by atoms with Crippen molar-refractivity contribution in [3.8, 4) is 0 Å². The Morgan fingerprint density at radius 1 is 1.33 bits per heavy atom. The van der Waals surface area contributed by atoms with Crippen LogP contribution in [0, 0.1) is 0 Å². The number of hydrogen-bond acceptors (Lipinski definition) is 7. The third kappa shape index (κ3) is 4.34. The lowest BCUT2D eigenvalue weighted by molar-refractivity contribution is 0.186. The van der Waals surface area contributed by atoms with E-state index in [0.29, 0.717) is 24.2 Å². The molecule has 6 nitrogen and oxygen atoms in total. The Balaban J connectivity index is 1.51. The first-order valence-electron chi connectivity index (χ1n) is 11.3. The first-order chi connectivity index (χ1) is 14.5. The Labute approximate surface area is 183 Å². The van der Waals surface area contributed by atoms with Gasteiger partial charge < -0.3 is 21.1 Å². The largest absolute Gasteiger partial charge is 0.400 e. The van der Waals surface area contributed by atoms with Crippen molar-refractivity contribution < 1.29 is 5.11 Å². The molecule has 2 aliphatic carbocycles. The van der Waals surface area contributed by atoms with Crippen LogP contribution in [0.5, 0.6) is 0 Å². The molecule has 164 valence electrons. The number of nitrogens with two attached hydrogens (primary N) is 1. The van der Waals surface area contributed by atoms with Gasteiger partial charge in [0.25, 0.3) is 0 Å². The lowest BCUT2D eigenvalue weighted by atomic mass is 9.90. The fourth-order valence-electron chi connectivity index (χ4n) is 5.22. The molecule has 2 aliphatic rings. The molecule has 0 radical (unpaired) electrons. The van der Waals surface area contributed by atoms with Gasteiger partial charge in [-0.2, -0.15) is 0 Å². The minimum Gasteiger partial charge on any atom is -0.400 e. The number of nitrogens with one attached hydrogen (secondary N) is 1. The summed E-state index contributed by atoms with van der Waals surface area (Å²) in [5.74, 6) is 1.25. The highest BCUT2D eigenvalue weighted by atomic mass is 32.1. The van der Waals surface area contributed by atoms with Crippen molar-refractivity contribution in [1.82, 2.24) is 14.9 Å². The molecule has 0 aliphatic heterocycles. The minimum absolute atomic E-state index is 0.286. The van der Waals surface area contributed by atoms with Crippen LogP contribution in [0.15, 0.2) is 18.6 Å². The summed E-state index contributed by atoms with van der Waals surface area (Å²) < 4.78 is 0. The van der Waals surface area contributed by atoms with Crippen molar-refractivity contribution in [3.05, 3.63) is 29.0 Å². The average Bonchev–Trinajstić information content (AvgIpc) is 3.28. The zero-order valence-corrected chi connectivity index (χ0v) is 19.0. The number of nitrogens with zero attached hydrogens (tertiary/aromatic N) is 3. The van der Waals surface area contributed by atoms with Gasteiger partial charge in [0.15, 0.2) is 0 Å². The van der Waals surface area contributed by atoms with Gasteiger partial charge in [-0.3, -0.25) is 0 Å². The highest BCUT2D eigenvalue weighted by Gasteiger charge is 2.32. The zero-order valence-electron chi connectivity index (χ0n) is 18.2. The number of aliphatic hydroxyl groups excluding tert-OH is 1. The molecule has 2 atom stereocenters. The molecule has 0 spiro atoms. The topological polar surface area (TPSA) is 87.3 Å². The van der Waals surface area contributed by atoms with Crippen molar-refractivity contribution >= 4 is 27.4 Å². The van der Waals surface area contributed by atoms with Crippen LogP contribution in [0.25, 0.3) is 10.2 Å². The van der Waals surface area contributed by atoms with E-state index in [1.807, 2.05) is 0 Å². The van der Waals surface area contributed by atoms with E-state index in [-0.39, 0.29) is 5.92 Å². The molecule has 2 aromatic heterocycles. The van der Waals surface area contributed by atoms with Crippen LogP contribution in [0.1, 0.15) is 68.2 Å². The molecule has 0 saturated heterocycles. The number of fused-ring (bicyclic) bond motifs is 3. The summed E-state index contributed by atoms with van der Waals surface area (Å²) in [5, 5.41) is 15.2. The molecule has 30 heavy (non-hydrogen) atoms. The van der Waals surface area contributed by atoms with Gasteiger partial charge in [0.1, 0.15) is 17.0 Å². The summed E-state index contributed by atoms with van der Waals surface area (Å²) in [6.07, 6.45) is 9.76. The lowest BCUT2D eigenvalue weighted by Crippen LogP contribution is -2.38. The Bertz CT molecular complexity index is 889. The van der Waals surface area contributed by atoms with E-state index in [4.69, 9.17) is 5.73 Å². The summed E-state index contributed by atoms with van der Waals surface area (Å²) in [7, 11) is 2.26. The summed E-state index contributed by atoms with van der Waals surface area (Å²) in [5.41, 5.74) is 7.42. The van der Waals surface area contributed by atoms with Crippen LogP contribution in [0.2, 0.25) is 0 Å². The first kappa shape index (κ1) is 21.5. The fraction of sp³-hybridized carbons (Fsp3) is 0.652.